The number of hydrogen-bond donors (Lipinski definition) is 3. The molecule has 0 saturated carbocycles. The Morgan fingerprint density at radius 1 is 1.75 bits per heavy atom. The van der Waals surface area contributed by atoms with E-state index in [0.717, 1.165) is 6.54 Å². The topological polar surface area (TPSA) is 76.4 Å². The summed E-state index contributed by atoms with van der Waals surface area (Å²) >= 11 is 0. The standard InChI is InChI=1S/C4H10N4/c5-3-1-7-2-8-4(3)6/h3,7H,1-2,5H2,(H2,6,8). The summed E-state index contributed by atoms with van der Waals surface area (Å²) in [5, 5.41) is 2.97. The van der Waals surface area contributed by atoms with Crippen molar-refractivity contribution < 1.29 is 0 Å². The van der Waals surface area contributed by atoms with Crippen LogP contribution in [-0.4, -0.2) is 25.1 Å². The lowest BCUT2D eigenvalue weighted by molar-refractivity contribution is 0.632. The average Bonchev–Trinajstić information content (AvgIpc) is 1.77. The number of nitrogens with zero attached hydrogens (tertiary/aromatic N) is 1. The molecule has 0 bridgehead atoms. The van der Waals surface area contributed by atoms with Crippen molar-refractivity contribution in [1.29, 1.82) is 0 Å². The fourth-order valence-electron chi connectivity index (χ4n) is 0.589. The molecule has 5 N–H and O–H groups in total. The van der Waals surface area contributed by atoms with Gasteiger partial charge in [-0.2, -0.15) is 0 Å². The molecule has 0 aromatic heterocycles. The molecule has 1 atom stereocenters. The molecule has 0 saturated heterocycles. The summed E-state index contributed by atoms with van der Waals surface area (Å²) in [6.07, 6.45) is 0. The van der Waals surface area contributed by atoms with Gasteiger partial charge in [0.25, 0.3) is 0 Å². The molecule has 1 unspecified atom stereocenters. The highest BCUT2D eigenvalue weighted by molar-refractivity contribution is 5.86. The summed E-state index contributed by atoms with van der Waals surface area (Å²) in [4.78, 5) is 3.87. The summed E-state index contributed by atoms with van der Waals surface area (Å²) in [7, 11) is 0. The van der Waals surface area contributed by atoms with Crippen molar-refractivity contribution in [2.75, 3.05) is 13.2 Å². The van der Waals surface area contributed by atoms with Gasteiger partial charge in [-0.1, -0.05) is 0 Å². The van der Waals surface area contributed by atoms with Crippen LogP contribution < -0.4 is 16.8 Å². The maximum atomic E-state index is 5.46. The molecule has 0 amide bonds. The first-order valence-electron chi connectivity index (χ1n) is 2.57. The SMILES string of the molecule is NC1=NCNCC1N. The molecule has 1 heterocycles. The van der Waals surface area contributed by atoms with Crippen LogP contribution >= 0.6 is 0 Å². The second-order valence-corrected chi connectivity index (χ2v) is 1.80. The molecule has 0 fully saturated rings. The van der Waals surface area contributed by atoms with Gasteiger partial charge in [-0.05, 0) is 0 Å². The van der Waals surface area contributed by atoms with Crippen LogP contribution in [0.25, 0.3) is 0 Å². The van der Waals surface area contributed by atoms with Crippen LogP contribution in [0.2, 0.25) is 0 Å². The van der Waals surface area contributed by atoms with E-state index in [4.69, 9.17) is 11.5 Å². The van der Waals surface area contributed by atoms with Crippen molar-refractivity contribution in [3.8, 4) is 0 Å². The van der Waals surface area contributed by atoms with E-state index in [-0.39, 0.29) is 6.04 Å². The molecule has 4 nitrogen and oxygen atoms in total. The van der Waals surface area contributed by atoms with Crippen LogP contribution in [0.1, 0.15) is 0 Å². The Morgan fingerprint density at radius 2 is 2.50 bits per heavy atom. The van der Waals surface area contributed by atoms with E-state index in [1.807, 2.05) is 0 Å². The highest BCUT2D eigenvalue weighted by Gasteiger charge is 2.09. The van der Waals surface area contributed by atoms with E-state index in [1.165, 1.54) is 0 Å². The third-order valence-electron chi connectivity index (χ3n) is 1.12. The Kier molecular flexibility index (Phi) is 1.45. The zero-order valence-corrected chi connectivity index (χ0v) is 4.59. The summed E-state index contributed by atoms with van der Waals surface area (Å²) < 4.78 is 0. The van der Waals surface area contributed by atoms with Gasteiger partial charge in [0.05, 0.1) is 12.7 Å². The maximum Gasteiger partial charge on any atom is 0.114 e. The summed E-state index contributed by atoms with van der Waals surface area (Å²) in [5.41, 5.74) is 10.8. The van der Waals surface area contributed by atoms with E-state index in [9.17, 15) is 0 Å². The third-order valence-corrected chi connectivity index (χ3v) is 1.12. The van der Waals surface area contributed by atoms with Gasteiger partial charge in [-0.3, -0.25) is 10.3 Å². The van der Waals surface area contributed by atoms with Gasteiger partial charge in [0.1, 0.15) is 5.84 Å². The molecule has 8 heavy (non-hydrogen) atoms. The van der Waals surface area contributed by atoms with E-state index >= 15 is 0 Å². The van der Waals surface area contributed by atoms with E-state index in [2.05, 4.69) is 10.3 Å². The molecule has 1 aliphatic rings. The number of rotatable bonds is 0. The van der Waals surface area contributed by atoms with Crippen LogP contribution in [0.5, 0.6) is 0 Å². The third kappa shape index (κ3) is 0.962. The number of hydrogen-bond acceptors (Lipinski definition) is 4. The Morgan fingerprint density at radius 3 is 2.88 bits per heavy atom. The second-order valence-electron chi connectivity index (χ2n) is 1.80. The lowest BCUT2D eigenvalue weighted by Gasteiger charge is -2.15. The van der Waals surface area contributed by atoms with Gasteiger partial charge in [0.2, 0.25) is 0 Å². The molecule has 46 valence electrons. The largest absolute Gasteiger partial charge is 0.386 e. The molecule has 4 heteroatoms. The van der Waals surface area contributed by atoms with Crippen molar-refractivity contribution in [2.24, 2.45) is 16.5 Å². The molecular formula is C4H10N4. The molecule has 1 aliphatic heterocycles. The normalized spacial score (nSPS) is 29.6. The predicted molar refractivity (Wildman–Crippen MR) is 32.5 cm³/mol. The molecule has 1 rings (SSSR count). The molecule has 0 aromatic rings. The van der Waals surface area contributed by atoms with Crippen LogP contribution in [0.3, 0.4) is 0 Å². The van der Waals surface area contributed by atoms with Crippen molar-refractivity contribution in [1.82, 2.24) is 5.32 Å². The monoisotopic (exact) mass is 114 g/mol. The van der Waals surface area contributed by atoms with E-state index < -0.39 is 0 Å². The summed E-state index contributed by atoms with van der Waals surface area (Å²) in [5.74, 6) is 0.559. The van der Waals surface area contributed by atoms with Gasteiger partial charge in [-0.15, -0.1) is 0 Å². The molecular weight excluding hydrogens is 104 g/mol. The van der Waals surface area contributed by atoms with Gasteiger partial charge < -0.3 is 11.5 Å². The summed E-state index contributed by atoms with van der Waals surface area (Å²) in [6, 6.07) is -0.0799. The second kappa shape index (κ2) is 2.11. The fourth-order valence-corrected chi connectivity index (χ4v) is 0.589. The van der Waals surface area contributed by atoms with Gasteiger partial charge in [0.15, 0.2) is 0 Å². The van der Waals surface area contributed by atoms with Crippen molar-refractivity contribution in [3.63, 3.8) is 0 Å². The first kappa shape index (κ1) is 5.53. The highest BCUT2D eigenvalue weighted by Crippen LogP contribution is 1.83. The molecule has 0 aromatic carbocycles. The quantitative estimate of drug-likeness (QED) is 0.349. The fraction of sp³-hybridized carbons (Fsp3) is 0.750. The zero-order chi connectivity index (χ0) is 5.98. The number of amidine groups is 1. The lowest BCUT2D eigenvalue weighted by atomic mass is 10.3. The average molecular weight is 114 g/mol. The summed E-state index contributed by atoms with van der Waals surface area (Å²) in [6.45, 7) is 1.36. The highest BCUT2D eigenvalue weighted by atomic mass is 15.1. The zero-order valence-electron chi connectivity index (χ0n) is 4.59. The van der Waals surface area contributed by atoms with Gasteiger partial charge >= 0.3 is 0 Å². The molecule has 0 spiro atoms. The van der Waals surface area contributed by atoms with Crippen molar-refractivity contribution in [3.05, 3.63) is 0 Å². The Balaban J connectivity index is 2.53. The minimum Gasteiger partial charge on any atom is -0.386 e. The first-order valence-corrected chi connectivity index (χ1v) is 2.57. The minimum atomic E-state index is -0.0799. The molecule has 0 aliphatic carbocycles. The van der Waals surface area contributed by atoms with Gasteiger partial charge in [0, 0.05) is 6.54 Å². The smallest absolute Gasteiger partial charge is 0.114 e. The van der Waals surface area contributed by atoms with Crippen LogP contribution in [0.4, 0.5) is 0 Å². The number of nitrogens with two attached hydrogens (primary N) is 2. The number of nitrogens with one attached hydrogen (secondary N) is 1. The Bertz CT molecular complexity index is 109. The minimum absolute atomic E-state index is 0.0799. The number of aliphatic imine (C=N–C) groups is 1. The maximum absolute atomic E-state index is 5.46. The predicted octanol–water partition coefficient (Wildman–Crippen LogP) is -1.77. The Hall–Kier alpha value is -0.610. The van der Waals surface area contributed by atoms with Gasteiger partial charge in [-0.25, -0.2) is 0 Å². The lowest BCUT2D eigenvalue weighted by Crippen LogP contribution is -2.48. The van der Waals surface area contributed by atoms with Crippen molar-refractivity contribution in [2.45, 2.75) is 6.04 Å². The Labute approximate surface area is 48.0 Å². The van der Waals surface area contributed by atoms with E-state index in [0.29, 0.717) is 12.5 Å². The van der Waals surface area contributed by atoms with Crippen molar-refractivity contribution >= 4 is 5.84 Å². The van der Waals surface area contributed by atoms with Crippen LogP contribution in [-0.2, 0) is 0 Å². The molecule has 0 radical (unpaired) electrons. The van der Waals surface area contributed by atoms with Crippen LogP contribution in [0.15, 0.2) is 4.99 Å². The first-order chi connectivity index (χ1) is 3.80. The van der Waals surface area contributed by atoms with Crippen LogP contribution in [0, 0.1) is 0 Å². The van der Waals surface area contributed by atoms with E-state index in [1.54, 1.807) is 0 Å².